The molecule has 0 amide bonds. The maximum Gasteiger partial charge on any atom is 0.0737 e. The molecule has 1 aromatic carbocycles. The summed E-state index contributed by atoms with van der Waals surface area (Å²) in [7, 11) is 0. The van der Waals surface area contributed by atoms with Gasteiger partial charge in [0.1, 0.15) is 0 Å². The van der Waals surface area contributed by atoms with Gasteiger partial charge in [-0.25, -0.2) is 0 Å². The second-order valence-corrected chi connectivity index (χ2v) is 12.3. The molecule has 224 valence electrons. The number of aromatic amines is 1. The zero-order chi connectivity index (χ0) is 27.5. The van der Waals surface area contributed by atoms with Gasteiger partial charge in [-0.05, 0) is 12.5 Å². The minimum Gasteiger partial charge on any atom is -0.377 e. The number of ether oxygens (including phenoxy) is 1. The highest BCUT2D eigenvalue weighted by atomic mass is 16.5. The number of fused-ring (bicyclic) bond motifs is 1. The Bertz CT molecular complexity index is 766. The van der Waals surface area contributed by atoms with Gasteiger partial charge in [0.05, 0.1) is 6.61 Å². The normalized spacial score (nSPS) is 11.6. The first kappa shape index (κ1) is 33.9. The Balaban J connectivity index is 1.19. The van der Waals surface area contributed by atoms with Crippen molar-refractivity contribution in [1.82, 2.24) is 4.98 Å². The van der Waals surface area contributed by atoms with Crippen molar-refractivity contribution in [1.29, 1.82) is 0 Å². The monoisotopic (exact) mass is 540 g/mol. The zero-order valence-corrected chi connectivity index (χ0v) is 26.1. The Morgan fingerprint density at radius 2 is 0.872 bits per heavy atom. The molecule has 1 aromatic heterocycles. The molecule has 0 aliphatic heterocycles. The summed E-state index contributed by atoms with van der Waals surface area (Å²) in [5.74, 6) is 0. The van der Waals surface area contributed by atoms with Crippen molar-refractivity contribution >= 4 is 10.9 Å². The molecule has 2 nitrogen and oxygen atoms in total. The van der Waals surface area contributed by atoms with Gasteiger partial charge in [0.15, 0.2) is 0 Å². The van der Waals surface area contributed by atoms with Gasteiger partial charge in [0.2, 0.25) is 0 Å². The molecule has 0 radical (unpaired) electrons. The quantitative estimate of drug-likeness (QED) is 0.102. The van der Waals surface area contributed by atoms with Gasteiger partial charge >= 0.3 is 0 Å². The van der Waals surface area contributed by atoms with Crippen LogP contribution in [-0.4, -0.2) is 11.6 Å². The number of H-pyrrole nitrogens is 1. The van der Waals surface area contributed by atoms with Gasteiger partial charge in [-0.2, -0.15) is 0 Å². The van der Waals surface area contributed by atoms with E-state index in [1.807, 2.05) is 0 Å². The van der Waals surface area contributed by atoms with E-state index in [9.17, 15) is 0 Å². The summed E-state index contributed by atoms with van der Waals surface area (Å²) in [6.07, 6.45) is 39.6. The Morgan fingerprint density at radius 3 is 1.31 bits per heavy atom. The summed E-state index contributed by atoms with van der Waals surface area (Å²) in [5.41, 5.74) is 2.48. The molecule has 0 spiro atoms. The molecule has 0 saturated carbocycles. The van der Waals surface area contributed by atoms with Crippen LogP contribution < -0.4 is 0 Å². The number of para-hydroxylation sites is 1. The van der Waals surface area contributed by atoms with E-state index >= 15 is 0 Å². The minimum absolute atomic E-state index is 0.726. The lowest BCUT2D eigenvalue weighted by Crippen LogP contribution is -1.95. The second-order valence-electron chi connectivity index (χ2n) is 12.3. The lowest BCUT2D eigenvalue weighted by molar-refractivity contribution is 0.117. The third-order valence-corrected chi connectivity index (χ3v) is 8.57. The number of rotatable bonds is 29. The van der Waals surface area contributed by atoms with E-state index in [2.05, 4.69) is 42.4 Å². The Labute approximate surface area is 243 Å². The van der Waals surface area contributed by atoms with E-state index in [1.165, 1.54) is 183 Å². The molecule has 2 heteroatoms. The highest BCUT2D eigenvalue weighted by Crippen LogP contribution is 2.19. The van der Waals surface area contributed by atoms with Crippen LogP contribution in [0.15, 0.2) is 30.5 Å². The Morgan fingerprint density at radius 1 is 0.487 bits per heavy atom. The molecule has 0 unspecified atom stereocenters. The summed E-state index contributed by atoms with van der Waals surface area (Å²) in [4.78, 5) is 3.33. The van der Waals surface area contributed by atoms with Crippen LogP contribution in [0, 0.1) is 0 Å². The van der Waals surface area contributed by atoms with Crippen LogP contribution in [0.5, 0.6) is 0 Å². The predicted octanol–water partition coefficient (Wildman–Crippen LogP) is 12.8. The number of hydrogen-bond acceptors (Lipinski definition) is 1. The predicted molar refractivity (Wildman–Crippen MR) is 174 cm³/mol. The average molecular weight is 540 g/mol. The SMILES string of the molecule is CCCCCCCCCCCCCCCCCCCCCCCCCCCCOCc1c[nH]c2ccccc12. The molecule has 1 N–H and O–H groups in total. The average Bonchev–Trinajstić information content (AvgIpc) is 3.37. The number of aromatic nitrogens is 1. The van der Waals surface area contributed by atoms with E-state index in [-0.39, 0.29) is 0 Å². The summed E-state index contributed by atoms with van der Waals surface area (Å²) in [6.45, 7) is 3.92. The smallest absolute Gasteiger partial charge is 0.0737 e. The van der Waals surface area contributed by atoms with E-state index in [4.69, 9.17) is 4.74 Å². The summed E-state index contributed by atoms with van der Waals surface area (Å²) in [6, 6.07) is 8.47. The van der Waals surface area contributed by atoms with Crippen LogP contribution in [0.25, 0.3) is 10.9 Å². The van der Waals surface area contributed by atoms with E-state index in [0.29, 0.717) is 0 Å². The molecule has 39 heavy (non-hydrogen) atoms. The maximum atomic E-state index is 5.92. The summed E-state index contributed by atoms with van der Waals surface area (Å²) < 4.78 is 5.92. The molecule has 0 fully saturated rings. The Kier molecular flexibility index (Phi) is 22.3. The number of benzene rings is 1. The van der Waals surface area contributed by atoms with Crippen LogP contribution >= 0.6 is 0 Å². The number of hydrogen-bond donors (Lipinski definition) is 1. The first-order valence-electron chi connectivity index (χ1n) is 17.5. The molecule has 0 saturated heterocycles. The van der Waals surface area contributed by atoms with Gasteiger partial charge in [-0.15, -0.1) is 0 Å². The van der Waals surface area contributed by atoms with Crippen LogP contribution in [0.4, 0.5) is 0 Å². The van der Waals surface area contributed by atoms with Crippen molar-refractivity contribution < 1.29 is 4.74 Å². The molecule has 0 atom stereocenters. The fourth-order valence-corrected chi connectivity index (χ4v) is 5.95. The molecule has 2 aromatic rings. The van der Waals surface area contributed by atoms with Crippen LogP contribution in [0.3, 0.4) is 0 Å². The van der Waals surface area contributed by atoms with Crippen molar-refractivity contribution in [3.05, 3.63) is 36.0 Å². The third kappa shape index (κ3) is 18.6. The van der Waals surface area contributed by atoms with E-state index in [1.54, 1.807) is 0 Å². The fourth-order valence-electron chi connectivity index (χ4n) is 5.95. The molecule has 0 aliphatic carbocycles. The summed E-state index contributed by atoms with van der Waals surface area (Å²) >= 11 is 0. The van der Waals surface area contributed by atoms with E-state index < -0.39 is 0 Å². The Hall–Kier alpha value is -1.28. The van der Waals surface area contributed by atoms with Crippen molar-refractivity contribution in [3.63, 3.8) is 0 Å². The molecule has 0 bridgehead atoms. The van der Waals surface area contributed by atoms with Gasteiger partial charge in [0.25, 0.3) is 0 Å². The highest BCUT2D eigenvalue weighted by molar-refractivity contribution is 5.82. The van der Waals surface area contributed by atoms with Crippen molar-refractivity contribution in [3.8, 4) is 0 Å². The number of nitrogens with one attached hydrogen (secondary N) is 1. The van der Waals surface area contributed by atoms with Crippen molar-refractivity contribution in [2.75, 3.05) is 6.61 Å². The topological polar surface area (TPSA) is 25.0 Å². The number of unbranched alkanes of at least 4 members (excludes halogenated alkanes) is 25. The van der Waals surface area contributed by atoms with Gasteiger partial charge in [-0.3, -0.25) is 0 Å². The van der Waals surface area contributed by atoms with Crippen LogP contribution in [0.2, 0.25) is 0 Å². The molecule has 0 aliphatic rings. The van der Waals surface area contributed by atoms with E-state index in [0.717, 1.165) is 13.2 Å². The van der Waals surface area contributed by atoms with Crippen LogP contribution in [-0.2, 0) is 11.3 Å². The van der Waals surface area contributed by atoms with Gasteiger partial charge in [-0.1, -0.05) is 186 Å². The standard InChI is InChI=1S/C37H65NO/c1-2-3-4-5-6-7-8-9-10-11-12-13-14-15-16-17-18-19-20-21-22-23-24-25-26-29-32-39-34-35-33-38-37-31-28-27-30-36(35)37/h27-28,30-31,33,38H,2-26,29,32,34H2,1H3. The van der Waals surface area contributed by atoms with Crippen molar-refractivity contribution in [2.24, 2.45) is 0 Å². The minimum atomic E-state index is 0.726. The lowest BCUT2D eigenvalue weighted by atomic mass is 10.0. The zero-order valence-electron chi connectivity index (χ0n) is 26.1. The highest BCUT2D eigenvalue weighted by Gasteiger charge is 2.02. The first-order chi connectivity index (χ1) is 19.4. The van der Waals surface area contributed by atoms with Gasteiger partial charge in [0, 0.05) is 29.3 Å². The lowest BCUT2D eigenvalue weighted by Gasteiger charge is -2.05. The largest absolute Gasteiger partial charge is 0.377 e. The van der Waals surface area contributed by atoms with Gasteiger partial charge < -0.3 is 9.72 Å². The molecular formula is C37H65NO. The summed E-state index contributed by atoms with van der Waals surface area (Å²) in [5, 5.41) is 1.29. The van der Waals surface area contributed by atoms with Crippen LogP contribution in [0.1, 0.15) is 179 Å². The first-order valence-corrected chi connectivity index (χ1v) is 17.5. The third-order valence-electron chi connectivity index (χ3n) is 8.57. The molecule has 2 rings (SSSR count). The molecule has 1 heterocycles. The van der Waals surface area contributed by atoms with Crippen molar-refractivity contribution in [2.45, 2.75) is 180 Å². The molecular weight excluding hydrogens is 474 g/mol. The fraction of sp³-hybridized carbons (Fsp3) is 0.784. The second kappa shape index (κ2) is 25.7. The maximum absolute atomic E-state index is 5.92.